The van der Waals surface area contributed by atoms with Crippen LogP contribution >= 0.6 is 0 Å². The lowest BCUT2D eigenvalue weighted by Crippen LogP contribution is -2.38. The van der Waals surface area contributed by atoms with E-state index in [0.717, 1.165) is 18.7 Å². The molecule has 0 saturated heterocycles. The van der Waals surface area contributed by atoms with Crippen LogP contribution in [0.25, 0.3) is 10.9 Å². The number of hydrogen-bond acceptors (Lipinski definition) is 6. The molecule has 3 N–H and O–H groups in total. The first-order valence-electron chi connectivity index (χ1n) is 9.93. The Morgan fingerprint density at radius 1 is 1.06 bits per heavy atom. The van der Waals surface area contributed by atoms with E-state index in [2.05, 4.69) is 19.6 Å². The molecular weight excluding hydrogens is 420 g/mol. The first kappa shape index (κ1) is 22.7. The van der Waals surface area contributed by atoms with E-state index in [4.69, 9.17) is 4.74 Å². The van der Waals surface area contributed by atoms with Gasteiger partial charge < -0.3 is 9.72 Å². The van der Waals surface area contributed by atoms with Gasteiger partial charge in [-0.15, -0.1) is 0 Å². The van der Waals surface area contributed by atoms with E-state index in [-0.39, 0.29) is 28.4 Å². The molecule has 0 spiro atoms. The van der Waals surface area contributed by atoms with Crippen LogP contribution in [-0.4, -0.2) is 50.0 Å². The average molecular weight is 447 g/mol. The van der Waals surface area contributed by atoms with Gasteiger partial charge in [-0.2, -0.15) is 0 Å². The summed E-state index contributed by atoms with van der Waals surface area (Å²) in [5.41, 5.74) is -0.0943. The molecule has 0 amide bonds. The minimum absolute atomic E-state index is 0.0542. The van der Waals surface area contributed by atoms with Crippen molar-refractivity contribution in [1.29, 1.82) is 0 Å². The Morgan fingerprint density at radius 3 is 2.48 bits per heavy atom. The van der Waals surface area contributed by atoms with Gasteiger partial charge in [0.25, 0.3) is 5.56 Å². The van der Waals surface area contributed by atoms with Crippen molar-refractivity contribution in [1.82, 2.24) is 19.6 Å². The first-order valence-corrected chi connectivity index (χ1v) is 11.4. The van der Waals surface area contributed by atoms with Gasteiger partial charge in [-0.25, -0.2) is 17.9 Å². The first-order chi connectivity index (χ1) is 14.8. The van der Waals surface area contributed by atoms with Crippen LogP contribution in [0.4, 0.5) is 0 Å². The molecule has 1 unspecified atom stereocenters. The molecule has 9 nitrogen and oxygen atoms in total. The van der Waals surface area contributed by atoms with Gasteiger partial charge in [-0.1, -0.05) is 26.0 Å². The number of aromatic nitrogens is 2. The summed E-state index contributed by atoms with van der Waals surface area (Å²) in [5.74, 6) is 0.695. The fourth-order valence-electron chi connectivity index (χ4n) is 3.55. The maximum Gasteiger partial charge on any atom is 0.326 e. The van der Waals surface area contributed by atoms with E-state index in [1.54, 1.807) is 7.11 Å². The van der Waals surface area contributed by atoms with Crippen LogP contribution in [0.1, 0.15) is 25.5 Å². The zero-order valence-corrected chi connectivity index (χ0v) is 18.5. The molecule has 1 heterocycles. The molecule has 31 heavy (non-hydrogen) atoms. The lowest BCUT2D eigenvalue weighted by Gasteiger charge is -2.30. The second kappa shape index (κ2) is 9.46. The van der Waals surface area contributed by atoms with Crippen molar-refractivity contribution < 1.29 is 13.2 Å². The second-order valence-corrected chi connectivity index (χ2v) is 8.75. The number of nitrogens with one attached hydrogen (secondary N) is 3. The number of fused-ring (bicyclic) bond motifs is 1. The Kier molecular flexibility index (Phi) is 6.94. The van der Waals surface area contributed by atoms with E-state index < -0.39 is 21.3 Å². The Hall–Kier alpha value is -2.95. The molecule has 0 aliphatic carbocycles. The third-order valence-corrected chi connectivity index (χ3v) is 6.64. The number of rotatable bonds is 9. The summed E-state index contributed by atoms with van der Waals surface area (Å²) < 4.78 is 33.9. The Morgan fingerprint density at radius 2 is 1.81 bits per heavy atom. The molecule has 166 valence electrons. The number of ether oxygens (including phenoxy) is 1. The van der Waals surface area contributed by atoms with Crippen molar-refractivity contribution >= 4 is 20.9 Å². The smallest absolute Gasteiger partial charge is 0.326 e. The number of hydrogen-bond donors (Lipinski definition) is 3. The highest BCUT2D eigenvalue weighted by Gasteiger charge is 2.23. The average Bonchev–Trinajstić information content (AvgIpc) is 2.76. The van der Waals surface area contributed by atoms with Gasteiger partial charge in [-0.05, 0) is 49.0 Å². The number of nitrogens with zero attached hydrogens (tertiary/aromatic N) is 1. The van der Waals surface area contributed by atoms with Crippen LogP contribution in [0.5, 0.6) is 5.75 Å². The van der Waals surface area contributed by atoms with Crippen LogP contribution in [0.3, 0.4) is 0 Å². The third-order valence-electron chi connectivity index (χ3n) is 5.22. The lowest BCUT2D eigenvalue weighted by atomic mass is 10.0. The predicted octanol–water partition coefficient (Wildman–Crippen LogP) is 1.59. The highest BCUT2D eigenvalue weighted by atomic mass is 32.2. The molecule has 0 fully saturated rings. The van der Waals surface area contributed by atoms with Gasteiger partial charge in [0.1, 0.15) is 5.75 Å². The number of likely N-dealkylation sites (N-methyl/N-ethyl adjacent to an activating group) is 1. The maximum absolute atomic E-state index is 13.0. The van der Waals surface area contributed by atoms with Crippen molar-refractivity contribution in [3.05, 3.63) is 68.9 Å². The maximum atomic E-state index is 13.0. The molecule has 0 saturated carbocycles. The highest BCUT2D eigenvalue weighted by molar-refractivity contribution is 7.89. The number of H-pyrrole nitrogens is 2. The standard InChI is InChI=1S/C21H26N4O5S/c1-4-25(5-2)19(14-7-6-8-15(11-14)30-3)13-22-31(28,29)16-9-10-18-17(12-16)20(26)24-21(27)23-18/h6-12,19,22H,4-5,13H2,1-3H3,(H2,23,24,26,27). The molecule has 10 heteroatoms. The summed E-state index contributed by atoms with van der Waals surface area (Å²) in [7, 11) is -2.31. The summed E-state index contributed by atoms with van der Waals surface area (Å²) in [6, 6.07) is 11.3. The molecule has 2 aromatic carbocycles. The van der Waals surface area contributed by atoms with E-state index in [9.17, 15) is 18.0 Å². The number of aromatic amines is 2. The number of sulfonamides is 1. The Labute approximate surface area is 180 Å². The van der Waals surface area contributed by atoms with Crippen molar-refractivity contribution in [3.63, 3.8) is 0 Å². The molecule has 0 radical (unpaired) electrons. The predicted molar refractivity (Wildman–Crippen MR) is 119 cm³/mol. The van der Waals surface area contributed by atoms with Crippen molar-refractivity contribution in [2.45, 2.75) is 24.8 Å². The summed E-state index contributed by atoms with van der Waals surface area (Å²) in [6.07, 6.45) is 0. The summed E-state index contributed by atoms with van der Waals surface area (Å²) in [6.45, 7) is 5.64. The second-order valence-electron chi connectivity index (χ2n) is 6.98. The van der Waals surface area contributed by atoms with Gasteiger partial charge in [0.2, 0.25) is 10.0 Å². The molecule has 1 atom stereocenters. The number of benzene rings is 2. The number of methoxy groups -OCH3 is 1. The van der Waals surface area contributed by atoms with Gasteiger partial charge in [0.15, 0.2) is 0 Å². The minimum atomic E-state index is -3.90. The molecule has 3 rings (SSSR count). The molecule has 0 aliphatic heterocycles. The quantitative estimate of drug-likeness (QED) is 0.458. The normalized spacial score (nSPS) is 12.9. The van der Waals surface area contributed by atoms with Crippen LogP contribution < -0.4 is 20.7 Å². The fourth-order valence-corrected chi connectivity index (χ4v) is 4.62. The van der Waals surface area contributed by atoms with Gasteiger partial charge in [-0.3, -0.25) is 14.7 Å². The molecular formula is C21H26N4O5S. The van der Waals surface area contributed by atoms with Crippen LogP contribution in [-0.2, 0) is 10.0 Å². The Bertz CT molecular complexity index is 1280. The Balaban J connectivity index is 1.92. The van der Waals surface area contributed by atoms with Crippen LogP contribution in [0.2, 0.25) is 0 Å². The van der Waals surface area contributed by atoms with Gasteiger partial charge >= 0.3 is 5.69 Å². The van der Waals surface area contributed by atoms with Crippen LogP contribution in [0, 0.1) is 0 Å². The molecule has 3 aromatic rings. The van der Waals surface area contributed by atoms with E-state index in [1.807, 2.05) is 38.1 Å². The van der Waals surface area contributed by atoms with Crippen molar-refractivity contribution in [2.75, 3.05) is 26.7 Å². The van der Waals surface area contributed by atoms with Crippen molar-refractivity contribution in [2.24, 2.45) is 0 Å². The third kappa shape index (κ3) is 5.04. The lowest BCUT2D eigenvalue weighted by molar-refractivity contribution is 0.219. The van der Waals surface area contributed by atoms with E-state index in [1.165, 1.54) is 18.2 Å². The van der Waals surface area contributed by atoms with E-state index in [0.29, 0.717) is 5.75 Å². The summed E-state index contributed by atoms with van der Waals surface area (Å²) in [4.78, 5) is 30.1. The highest BCUT2D eigenvalue weighted by Crippen LogP contribution is 2.24. The monoisotopic (exact) mass is 446 g/mol. The zero-order valence-electron chi connectivity index (χ0n) is 17.6. The molecule has 0 aliphatic rings. The van der Waals surface area contributed by atoms with Crippen LogP contribution in [0.15, 0.2) is 56.9 Å². The SMILES string of the molecule is CCN(CC)C(CNS(=O)(=O)c1ccc2[nH]c(=O)[nH]c(=O)c2c1)c1cccc(OC)c1. The largest absolute Gasteiger partial charge is 0.497 e. The van der Waals surface area contributed by atoms with Crippen molar-refractivity contribution in [3.8, 4) is 5.75 Å². The zero-order chi connectivity index (χ0) is 22.6. The summed E-state index contributed by atoms with van der Waals surface area (Å²) in [5, 5.41) is 0.0931. The topological polar surface area (TPSA) is 124 Å². The fraction of sp³-hybridized carbons (Fsp3) is 0.333. The minimum Gasteiger partial charge on any atom is -0.497 e. The molecule has 0 bridgehead atoms. The molecule has 1 aromatic heterocycles. The summed E-state index contributed by atoms with van der Waals surface area (Å²) >= 11 is 0. The van der Waals surface area contributed by atoms with E-state index >= 15 is 0 Å². The van der Waals surface area contributed by atoms with Gasteiger partial charge in [0, 0.05) is 12.6 Å². The van der Waals surface area contributed by atoms with Gasteiger partial charge in [0.05, 0.1) is 22.9 Å².